The van der Waals surface area contributed by atoms with Crippen LogP contribution in [0.5, 0.6) is 0 Å². The third-order valence-electron chi connectivity index (χ3n) is 2.55. The van der Waals surface area contributed by atoms with E-state index in [1.54, 1.807) is 0 Å². The predicted molar refractivity (Wildman–Crippen MR) is 67.9 cm³/mol. The van der Waals surface area contributed by atoms with Crippen molar-refractivity contribution in [2.24, 2.45) is 5.41 Å². The molecule has 0 amide bonds. The summed E-state index contributed by atoms with van der Waals surface area (Å²) in [6.07, 6.45) is 0. The molecule has 16 heavy (non-hydrogen) atoms. The zero-order valence-corrected chi connectivity index (χ0v) is 11.4. The van der Waals surface area contributed by atoms with Crippen molar-refractivity contribution in [1.29, 1.82) is 0 Å². The molecule has 0 unspecified atom stereocenters. The molecule has 98 valence electrons. The summed E-state index contributed by atoms with van der Waals surface area (Å²) in [6.45, 7) is 11.0. The number of ether oxygens (including phenoxy) is 2. The topological polar surface area (TPSA) is 42.5 Å². The van der Waals surface area contributed by atoms with Gasteiger partial charge in [0, 0.05) is 12.0 Å². The van der Waals surface area contributed by atoms with Gasteiger partial charge in [0.2, 0.25) is 0 Å². The normalized spacial score (nSPS) is 21.6. The number of rotatable bonds is 3. The highest BCUT2D eigenvalue weighted by Crippen LogP contribution is 2.24. The predicted octanol–water partition coefficient (Wildman–Crippen LogP) is 0.873. The van der Waals surface area contributed by atoms with E-state index in [-0.39, 0.29) is 0 Å². The number of hydrogen-bond donors (Lipinski definition) is 2. The molecule has 0 radical (unpaired) electrons. The maximum absolute atomic E-state index is 5.05. The quantitative estimate of drug-likeness (QED) is 0.758. The first-order valence-electron chi connectivity index (χ1n) is 6.17. The van der Waals surface area contributed by atoms with E-state index in [0.717, 1.165) is 33.0 Å². The Morgan fingerprint density at radius 3 is 1.75 bits per heavy atom. The molecule has 0 aromatic rings. The van der Waals surface area contributed by atoms with Gasteiger partial charge in [-0.05, 0) is 14.1 Å². The SMILES string of the molecule is CC.CNC1COC1.CNCC1(C)COC1. The minimum Gasteiger partial charge on any atom is -0.380 e. The van der Waals surface area contributed by atoms with Crippen molar-refractivity contribution >= 4 is 0 Å². The fraction of sp³-hybridized carbons (Fsp3) is 1.00. The van der Waals surface area contributed by atoms with E-state index in [1.807, 2.05) is 27.9 Å². The first kappa shape index (κ1) is 15.8. The van der Waals surface area contributed by atoms with E-state index >= 15 is 0 Å². The molecule has 2 aliphatic heterocycles. The van der Waals surface area contributed by atoms with E-state index in [9.17, 15) is 0 Å². The lowest BCUT2D eigenvalue weighted by molar-refractivity contribution is -0.0982. The fourth-order valence-electron chi connectivity index (χ4n) is 1.38. The minimum absolute atomic E-state index is 0.439. The van der Waals surface area contributed by atoms with Crippen LogP contribution < -0.4 is 10.6 Å². The van der Waals surface area contributed by atoms with E-state index in [1.165, 1.54) is 0 Å². The van der Waals surface area contributed by atoms with Crippen LogP contribution in [0.4, 0.5) is 0 Å². The third-order valence-corrected chi connectivity index (χ3v) is 2.55. The van der Waals surface area contributed by atoms with Crippen molar-refractivity contribution < 1.29 is 9.47 Å². The first-order chi connectivity index (χ1) is 7.70. The number of likely N-dealkylation sites (N-methyl/N-ethyl adjacent to an activating group) is 1. The second-order valence-electron chi connectivity index (χ2n) is 4.36. The monoisotopic (exact) mass is 232 g/mol. The molecule has 0 saturated carbocycles. The Morgan fingerprint density at radius 2 is 1.69 bits per heavy atom. The van der Waals surface area contributed by atoms with Crippen LogP contribution in [-0.4, -0.2) is 53.1 Å². The Hall–Kier alpha value is -0.160. The van der Waals surface area contributed by atoms with Crippen LogP contribution in [0, 0.1) is 5.41 Å². The maximum Gasteiger partial charge on any atom is 0.0642 e. The summed E-state index contributed by atoms with van der Waals surface area (Å²) in [5, 5.41) is 6.21. The van der Waals surface area contributed by atoms with Gasteiger partial charge in [-0.15, -0.1) is 0 Å². The van der Waals surface area contributed by atoms with Gasteiger partial charge >= 0.3 is 0 Å². The first-order valence-corrected chi connectivity index (χ1v) is 6.17. The highest BCUT2D eigenvalue weighted by Gasteiger charge is 2.31. The number of hydrogen-bond acceptors (Lipinski definition) is 4. The van der Waals surface area contributed by atoms with Gasteiger partial charge in [0.25, 0.3) is 0 Å². The van der Waals surface area contributed by atoms with Crippen molar-refractivity contribution in [3.63, 3.8) is 0 Å². The standard InChI is InChI=1S/C6H13NO.C4H9NO.C2H6/c1-6(3-7-2)4-8-5-6;1-5-4-2-6-3-4;1-2/h7H,3-5H2,1-2H3;4-5H,2-3H2,1H3;1-2H3. The van der Waals surface area contributed by atoms with Crippen molar-refractivity contribution in [2.75, 3.05) is 47.1 Å². The Bertz CT molecular complexity index is 154. The molecule has 2 aliphatic rings. The smallest absolute Gasteiger partial charge is 0.0642 e. The Balaban J connectivity index is 0.000000251. The van der Waals surface area contributed by atoms with Crippen molar-refractivity contribution in [3.8, 4) is 0 Å². The molecule has 2 saturated heterocycles. The van der Waals surface area contributed by atoms with E-state index in [0.29, 0.717) is 11.5 Å². The summed E-state index contributed by atoms with van der Waals surface area (Å²) >= 11 is 0. The molecular formula is C12H28N2O2. The lowest BCUT2D eigenvalue weighted by Gasteiger charge is -2.37. The lowest BCUT2D eigenvalue weighted by atomic mass is 9.89. The van der Waals surface area contributed by atoms with Gasteiger partial charge < -0.3 is 20.1 Å². The van der Waals surface area contributed by atoms with Crippen molar-refractivity contribution in [1.82, 2.24) is 10.6 Å². The van der Waals surface area contributed by atoms with Crippen molar-refractivity contribution in [3.05, 3.63) is 0 Å². The van der Waals surface area contributed by atoms with Gasteiger partial charge in [-0.25, -0.2) is 0 Å². The molecule has 2 rings (SSSR count). The molecule has 2 fully saturated rings. The molecule has 0 aromatic carbocycles. The highest BCUT2D eigenvalue weighted by atomic mass is 16.5. The summed E-state index contributed by atoms with van der Waals surface area (Å²) in [5.41, 5.74) is 0.439. The van der Waals surface area contributed by atoms with Crippen LogP contribution in [0.3, 0.4) is 0 Å². The molecule has 2 N–H and O–H groups in total. The molecule has 0 spiro atoms. The molecule has 4 heteroatoms. The van der Waals surface area contributed by atoms with Crippen LogP contribution in [0.2, 0.25) is 0 Å². The second kappa shape index (κ2) is 8.93. The van der Waals surface area contributed by atoms with Crippen LogP contribution in [0.15, 0.2) is 0 Å². The van der Waals surface area contributed by atoms with Gasteiger partial charge in [-0.1, -0.05) is 20.8 Å². The zero-order chi connectivity index (χ0) is 12.4. The van der Waals surface area contributed by atoms with Gasteiger partial charge in [0.05, 0.1) is 32.5 Å². The summed E-state index contributed by atoms with van der Waals surface area (Å²) in [5.74, 6) is 0. The average Bonchev–Trinajstić information content (AvgIpc) is 2.18. The molecule has 2 heterocycles. The molecular weight excluding hydrogens is 204 g/mol. The molecule has 0 atom stereocenters. The van der Waals surface area contributed by atoms with Gasteiger partial charge in [-0.2, -0.15) is 0 Å². The minimum atomic E-state index is 0.439. The van der Waals surface area contributed by atoms with Crippen LogP contribution >= 0.6 is 0 Å². The lowest BCUT2D eigenvalue weighted by Crippen LogP contribution is -2.46. The largest absolute Gasteiger partial charge is 0.380 e. The molecule has 0 aliphatic carbocycles. The third kappa shape index (κ3) is 5.80. The Morgan fingerprint density at radius 1 is 1.12 bits per heavy atom. The molecule has 0 aromatic heterocycles. The maximum atomic E-state index is 5.05. The summed E-state index contributed by atoms with van der Waals surface area (Å²) in [4.78, 5) is 0. The van der Waals surface area contributed by atoms with E-state index in [4.69, 9.17) is 9.47 Å². The Kier molecular flexibility index (Phi) is 8.84. The second-order valence-corrected chi connectivity index (χ2v) is 4.36. The highest BCUT2D eigenvalue weighted by molar-refractivity contribution is 4.81. The molecule has 4 nitrogen and oxygen atoms in total. The van der Waals surface area contributed by atoms with Crippen molar-refractivity contribution in [2.45, 2.75) is 26.8 Å². The van der Waals surface area contributed by atoms with Crippen LogP contribution in [-0.2, 0) is 9.47 Å². The van der Waals surface area contributed by atoms with E-state index in [2.05, 4.69) is 17.6 Å². The van der Waals surface area contributed by atoms with Crippen LogP contribution in [0.25, 0.3) is 0 Å². The van der Waals surface area contributed by atoms with Crippen LogP contribution in [0.1, 0.15) is 20.8 Å². The van der Waals surface area contributed by atoms with E-state index < -0.39 is 0 Å². The molecule has 0 bridgehead atoms. The average molecular weight is 232 g/mol. The summed E-state index contributed by atoms with van der Waals surface area (Å²) in [6, 6.07) is 0.644. The van der Waals surface area contributed by atoms with Gasteiger partial charge in [0.15, 0.2) is 0 Å². The zero-order valence-electron chi connectivity index (χ0n) is 11.4. The summed E-state index contributed by atoms with van der Waals surface area (Å²) < 4.78 is 9.91. The fourth-order valence-corrected chi connectivity index (χ4v) is 1.38. The number of nitrogens with one attached hydrogen (secondary N) is 2. The summed E-state index contributed by atoms with van der Waals surface area (Å²) in [7, 11) is 3.93. The van der Waals surface area contributed by atoms with Gasteiger partial charge in [-0.3, -0.25) is 0 Å². The van der Waals surface area contributed by atoms with Gasteiger partial charge in [0.1, 0.15) is 0 Å². The Labute approximate surface area is 100 Å².